The quantitative estimate of drug-likeness (QED) is 0.629. The number of halogens is 1. The average molecular weight is 237 g/mol. The van der Waals surface area contributed by atoms with Crippen molar-refractivity contribution in [2.24, 2.45) is 0 Å². The summed E-state index contributed by atoms with van der Waals surface area (Å²) in [6, 6.07) is 6.25. The van der Waals surface area contributed by atoms with Crippen molar-refractivity contribution in [2.75, 3.05) is 0 Å². The van der Waals surface area contributed by atoms with Crippen molar-refractivity contribution in [2.45, 2.75) is 18.4 Å². The highest BCUT2D eigenvalue weighted by molar-refractivity contribution is 9.10. The second kappa shape index (κ2) is 2.61. The molecule has 2 atom stereocenters. The van der Waals surface area contributed by atoms with E-state index in [2.05, 4.69) is 40.2 Å². The topological polar surface area (TPSA) is 9.23 Å². The normalized spacial score (nSPS) is 28.4. The Morgan fingerprint density at radius 3 is 3.23 bits per heavy atom. The van der Waals surface area contributed by atoms with Gasteiger partial charge in [-0.2, -0.15) is 0 Å². The lowest BCUT2D eigenvalue weighted by Crippen LogP contribution is -2.11. The van der Waals surface area contributed by atoms with Gasteiger partial charge in [0.05, 0.1) is 4.47 Å². The summed E-state index contributed by atoms with van der Waals surface area (Å²) in [7, 11) is 0. The molecule has 1 aliphatic heterocycles. The summed E-state index contributed by atoms with van der Waals surface area (Å²) >= 11 is 3.51. The molecule has 13 heavy (non-hydrogen) atoms. The van der Waals surface area contributed by atoms with E-state index in [9.17, 15) is 0 Å². The lowest BCUT2D eigenvalue weighted by atomic mass is 9.99. The maximum Gasteiger partial charge on any atom is 0.137 e. The van der Waals surface area contributed by atoms with Crippen molar-refractivity contribution in [3.05, 3.63) is 40.4 Å². The van der Waals surface area contributed by atoms with Gasteiger partial charge in [-0.05, 0) is 22.0 Å². The Kier molecular flexibility index (Phi) is 1.53. The molecule has 2 heteroatoms. The number of benzene rings is 1. The van der Waals surface area contributed by atoms with Gasteiger partial charge in [0.25, 0.3) is 0 Å². The Hall–Kier alpha value is -0.760. The highest BCUT2D eigenvalue weighted by Crippen LogP contribution is 2.46. The van der Waals surface area contributed by atoms with Crippen molar-refractivity contribution in [1.82, 2.24) is 0 Å². The molecular formula is C11H9BrO. The fraction of sp³-hybridized carbons (Fsp3) is 0.273. The number of rotatable bonds is 0. The second-order valence-electron chi connectivity index (χ2n) is 3.50. The van der Waals surface area contributed by atoms with Crippen LogP contribution in [0.1, 0.15) is 17.9 Å². The molecule has 1 nitrogen and oxygen atoms in total. The SMILES string of the molecule is Brc1cccc2c1OC1CC=CC21. The maximum atomic E-state index is 5.85. The Labute approximate surface area is 85.5 Å². The Morgan fingerprint density at radius 1 is 1.38 bits per heavy atom. The predicted octanol–water partition coefficient (Wildman–Crippen LogP) is 3.25. The van der Waals surface area contributed by atoms with Crippen LogP contribution in [0.3, 0.4) is 0 Å². The number of fused-ring (bicyclic) bond motifs is 3. The average Bonchev–Trinajstić information content (AvgIpc) is 2.65. The minimum atomic E-state index is 0.355. The number of ether oxygens (including phenoxy) is 1. The van der Waals surface area contributed by atoms with E-state index >= 15 is 0 Å². The summed E-state index contributed by atoms with van der Waals surface area (Å²) < 4.78 is 6.93. The van der Waals surface area contributed by atoms with Gasteiger partial charge in [-0.3, -0.25) is 0 Å². The van der Waals surface area contributed by atoms with Crippen LogP contribution < -0.4 is 4.74 Å². The van der Waals surface area contributed by atoms with Crippen molar-refractivity contribution in [3.63, 3.8) is 0 Å². The molecule has 0 bridgehead atoms. The fourth-order valence-corrected chi connectivity index (χ4v) is 2.59. The Bertz CT molecular complexity index is 384. The first kappa shape index (κ1) is 7.63. The summed E-state index contributed by atoms with van der Waals surface area (Å²) in [5, 5.41) is 0. The summed E-state index contributed by atoms with van der Waals surface area (Å²) in [6.07, 6.45) is 5.86. The molecule has 2 unspecified atom stereocenters. The Balaban J connectivity index is 2.17. The molecule has 0 fully saturated rings. The summed E-state index contributed by atoms with van der Waals surface area (Å²) in [5.41, 5.74) is 1.33. The van der Waals surface area contributed by atoms with Gasteiger partial charge in [0, 0.05) is 17.9 Å². The van der Waals surface area contributed by atoms with Crippen LogP contribution in [-0.2, 0) is 0 Å². The molecule has 0 spiro atoms. The molecule has 0 N–H and O–H groups in total. The second-order valence-corrected chi connectivity index (χ2v) is 4.36. The fourth-order valence-electron chi connectivity index (χ4n) is 2.12. The highest BCUT2D eigenvalue weighted by Gasteiger charge is 2.35. The molecule has 0 radical (unpaired) electrons. The molecule has 1 heterocycles. The van der Waals surface area contributed by atoms with Crippen LogP contribution in [0.2, 0.25) is 0 Å². The third-order valence-electron chi connectivity index (χ3n) is 2.74. The third kappa shape index (κ3) is 0.983. The molecule has 1 aromatic rings. The van der Waals surface area contributed by atoms with E-state index in [-0.39, 0.29) is 0 Å². The minimum Gasteiger partial charge on any atom is -0.488 e. The van der Waals surface area contributed by atoms with Gasteiger partial charge in [-0.15, -0.1) is 0 Å². The van der Waals surface area contributed by atoms with Crippen LogP contribution >= 0.6 is 15.9 Å². The van der Waals surface area contributed by atoms with Crippen LogP contribution in [0.15, 0.2) is 34.8 Å². The minimum absolute atomic E-state index is 0.355. The zero-order valence-electron chi connectivity index (χ0n) is 7.03. The first-order valence-corrected chi connectivity index (χ1v) is 5.27. The molecule has 1 aromatic carbocycles. The van der Waals surface area contributed by atoms with Crippen LogP contribution in [0, 0.1) is 0 Å². The summed E-state index contributed by atoms with van der Waals surface area (Å²) in [4.78, 5) is 0. The van der Waals surface area contributed by atoms with Gasteiger partial charge in [0.1, 0.15) is 11.9 Å². The lowest BCUT2D eigenvalue weighted by Gasteiger charge is -2.07. The smallest absolute Gasteiger partial charge is 0.137 e. The van der Waals surface area contributed by atoms with Crippen molar-refractivity contribution in [3.8, 4) is 5.75 Å². The molecule has 0 amide bonds. The van der Waals surface area contributed by atoms with Gasteiger partial charge in [0.2, 0.25) is 0 Å². The van der Waals surface area contributed by atoms with Gasteiger partial charge in [-0.25, -0.2) is 0 Å². The van der Waals surface area contributed by atoms with E-state index in [4.69, 9.17) is 4.74 Å². The van der Waals surface area contributed by atoms with Gasteiger partial charge in [-0.1, -0.05) is 24.3 Å². The van der Waals surface area contributed by atoms with Crippen LogP contribution in [0.25, 0.3) is 0 Å². The highest BCUT2D eigenvalue weighted by atomic mass is 79.9. The number of hydrogen-bond donors (Lipinski definition) is 0. The predicted molar refractivity (Wildman–Crippen MR) is 55.1 cm³/mol. The van der Waals surface area contributed by atoms with E-state index in [0.717, 1.165) is 16.6 Å². The zero-order chi connectivity index (χ0) is 8.84. The molecule has 66 valence electrons. The molecule has 0 saturated heterocycles. The standard InChI is InChI=1S/C11H9BrO/c12-9-5-1-4-8-7-3-2-6-10(7)13-11(8)9/h1-5,7,10H,6H2. The molecule has 0 saturated carbocycles. The first-order chi connectivity index (χ1) is 6.36. The third-order valence-corrected chi connectivity index (χ3v) is 3.36. The van der Waals surface area contributed by atoms with Gasteiger partial charge >= 0.3 is 0 Å². The van der Waals surface area contributed by atoms with Crippen molar-refractivity contribution >= 4 is 15.9 Å². The van der Waals surface area contributed by atoms with E-state index in [1.54, 1.807) is 0 Å². The Morgan fingerprint density at radius 2 is 2.31 bits per heavy atom. The van der Waals surface area contributed by atoms with Crippen molar-refractivity contribution in [1.29, 1.82) is 0 Å². The van der Waals surface area contributed by atoms with Gasteiger partial charge in [0.15, 0.2) is 0 Å². The van der Waals surface area contributed by atoms with E-state index in [1.165, 1.54) is 5.56 Å². The molecule has 2 aliphatic rings. The van der Waals surface area contributed by atoms with Crippen LogP contribution in [-0.4, -0.2) is 6.10 Å². The zero-order valence-corrected chi connectivity index (χ0v) is 8.62. The summed E-state index contributed by atoms with van der Waals surface area (Å²) in [5.74, 6) is 1.54. The summed E-state index contributed by atoms with van der Waals surface area (Å²) in [6.45, 7) is 0. The maximum absolute atomic E-state index is 5.85. The van der Waals surface area contributed by atoms with E-state index in [1.807, 2.05) is 6.07 Å². The van der Waals surface area contributed by atoms with Crippen molar-refractivity contribution < 1.29 is 4.74 Å². The monoisotopic (exact) mass is 236 g/mol. The number of para-hydroxylation sites is 1. The lowest BCUT2D eigenvalue weighted by molar-refractivity contribution is 0.231. The van der Waals surface area contributed by atoms with E-state index < -0.39 is 0 Å². The molecular weight excluding hydrogens is 228 g/mol. The molecule has 3 rings (SSSR count). The van der Waals surface area contributed by atoms with Crippen LogP contribution in [0.5, 0.6) is 5.75 Å². The van der Waals surface area contributed by atoms with Gasteiger partial charge < -0.3 is 4.74 Å². The van der Waals surface area contributed by atoms with Crippen LogP contribution in [0.4, 0.5) is 0 Å². The first-order valence-electron chi connectivity index (χ1n) is 4.48. The molecule has 1 aliphatic carbocycles. The van der Waals surface area contributed by atoms with E-state index in [0.29, 0.717) is 12.0 Å². The number of hydrogen-bond acceptors (Lipinski definition) is 1. The largest absolute Gasteiger partial charge is 0.488 e. The molecule has 0 aromatic heterocycles.